The molecule has 3 unspecified atom stereocenters. The molecule has 5 heteroatoms. The highest BCUT2D eigenvalue weighted by atomic mass is 16.7. The highest BCUT2D eigenvalue weighted by Crippen LogP contribution is 2.33. The number of rotatable bonds is 2. The van der Waals surface area contributed by atoms with Gasteiger partial charge in [-0.05, 0) is 12.8 Å². The zero-order valence-electron chi connectivity index (χ0n) is 10.9. The molecule has 5 nitrogen and oxygen atoms in total. The van der Waals surface area contributed by atoms with Crippen LogP contribution >= 0.6 is 0 Å². The minimum atomic E-state index is -0.808. The normalized spacial score (nSPS) is 37.4. The fourth-order valence-corrected chi connectivity index (χ4v) is 2.00. The second-order valence-electron chi connectivity index (χ2n) is 4.61. The maximum atomic E-state index is 11.1. The summed E-state index contributed by atoms with van der Waals surface area (Å²) in [6.07, 6.45) is -1.39. The molecular formula is C12H20O5. The van der Waals surface area contributed by atoms with Crippen LogP contribution in [-0.2, 0) is 23.8 Å². The smallest absolute Gasteiger partial charge is 0.305 e. The monoisotopic (exact) mass is 244 g/mol. The van der Waals surface area contributed by atoms with Crippen molar-refractivity contribution in [3.8, 4) is 0 Å². The largest absolute Gasteiger partial charge is 0.456 e. The molecule has 0 aromatic heterocycles. The van der Waals surface area contributed by atoms with Gasteiger partial charge in [-0.1, -0.05) is 13.8 Å². The molecule has 0 aromatic rings. The lowest BCUT2D eigenvalue weighted by atomic mass is 9.84. The lowest BCUT2D eigenvalue weighted by Gasteiger charge is -2.42. The van der Waals surface area contributed by atoms with Gasteiger partial charge in [0.1, 0.15) is 0 Å². The molecule has 1 aliphatic rings. The van der Waals surface area contributed by atoms with Crippen LogP contribution in [0.3, 0.4) is 0 Å². The lowest BCUT2D eigenvalue weighted by molar-refractivity contribution is -0.263. The van der Waals surface area contributed by atoms with E-state index in [-0.39, 0.29) is 17.9 Å². The van der Waals surface area contributed by atoms with E-state index in [0.29, 0.717) is 0 Å². The summed E-state index contributed by atoms with van der Waals surface area (Å²) in [5.74, 6) is -0.538. The summed E-state index contributed by atoms with van der Waals surface area (Å²) in [7, 11) is 0. The average Bonchev–Trinajstić information content (AvgIpc) is 2.20. The predicted octanol–water partition coefficient (Wildman–Crippen LogP) is 1.50. The number of hydrogen-bond acceptors (Lipinski definition) is 5. The van der Waals surface area contributed by atoms with Gasteiger partial charge in [0.15, 0.2) is 6.10 Å². The number of ether oxygens (including phenoxy) is 3. The Morgan fingerprint density at radius 2 is 1.47 bits per heavy atom. The molecule has 1 rings (SSSR count). The zero-order chi connectivity index (χ0) is 13.2. The summed E-state index contributed by atoms with van der Waals surface area (Å²) in [4.78, 5) is 22.1. The minimum Gasteiger partial charge on any atom is -0.456 e. The van der Waals surface area contributed by atoms with Crippen molar-refractivity contribution in [3.05, 3.63) is 0 Å². The first-order chi connectivity index (χ1) is 7.82. The Balaban J connectivity index is 2.82. The van der Waals surface area contributed by atoms with E-state index in [1.807, 2.05) is 20.8 Å². The fourth-order valence-electron chi connectivity index (χ4n) is 2.00. The Labute approximate surface area is 101 Å². The second-order valence-corrected chi connectivity index (χ2v) is 4.61. The zero-order valence-corrected chi connectivity index (χ0v) is 10.9. The molecule has 0 bridgehead atoms. The molecule has 5 atom stereocenters. The first-order valence-corrected chi connectivity index (χ1v) is 5.82. The molecule has 1 heterocycles. The van der Waals surface area contributed by atoms with Crippen molar-refractivity contribution < 1.29 is 23.8 Å². The molecule has 0 aromatic carbocycles. The quantitative estimate of drug-likeness (QED) is 0.689. The van der Waals surface area contributed by atoms with Crippen LogP contribution in [0.25, 0.3) is 0 Å². The molecule has 0 saturated carbocycles. The van der Waals surface area contributed by atoms with Gasteiger partial charge < -0.3 is 14.2 Å². The number of esters is 2. The Bertz CT molecular complexity index is 301. The maximum Gasteiger partial charge on any atom is 0.305 e. The molecule has 1 saturated heterocycles. The topological polar surface area (TPSA) is 61.8 Å². The molecule has 17 heavy (non-hydrogen) atoms. The van der Waals surface area contributed by atoms with E-state index in [1.165, 1.54) is 13.8 Å². The molecule has 1 fully saturated rings. The Morgan fingerprint density at radius 3 is 1.94 bits per heavy atom. The first kappa shape index (κ1) is 14.0. The van der Waals surface area contributed by atoms with Gasteiger partial charge in [0, 0.05) is 19.8 Å². The molecular weight excluding hydrogens is 224 g/mol. The molecule has 0 aliphatic carbocycles. The van der Waals surface area contributed by atoms with E-state index < -0.39 is 24.3 Å². The van der Waals surface area contributed by atoms with Gasteiger partial charge in [-0.15, -0.1) is 0 Å². The van der Waals surface area contributed by atoms with Gasteiger partial charge in [-0.25, -0.2) is 0 Å². The van der Waals surface area contributed by atoms with Crippen molar-refractivity contribution in [2.45, 2.75) is 53.1 Å². The van der Waals surface area contributed by atoms with E-state index in [9.17, 15) is 9.59 Å². The van der Waals surface area contributed by atoms with Crippen LogP contribution in [0, 0.1) is 11.8 Å². The van der Waals surface area contributed by atoms with Crippen LogP contribution in [0.2, 0.25) is 0 Å². The first-order valence-electron chi connectivity index (χ1n) is 5.82. The van der Waals surface area contributed by atoms with Crippen molar-refractivity contribution in [1.29, 1.82) is 0 Å². The summed E-state index contributed by atoms with van der Waals surface area (Å²) in [5.41, 5.74) is 0. The van der Waals surface area contributed by atoms with Gasteiger partial charge in [0.25, 0.3) is 0 Å². The van der Waals surface area contributed by atoms with E-state index in [4.69, 9.17) is 14.2 Å². The second kappa shape index (κ2) is 5.49. The van der Waals surface area contributed by atoms with Crippen LogP contribution < -0.4 is 0 Å². The average molecular weight is 244 g/mol. The van der Waals surface area contributed by atoms with E-state index in [2.05, 4.69) is 0 Å². The maximum absolute atomic E-state index is 11.1. The third kappa shape index (κ3) is 3.43. The molecule has 98 valence electrons. The standard InChI is InChI=1S/C12H20O5/c1-6-7(2)11(16-9(4)13)12(15-8(6)3)17-10(5)14/h6-8,11-12H,1-5H3/t6-,7+,8?,11?,12?/m1/s1. The van der Waals surface area contributed by atoms with Crippen molar-refractivity contribution in [2.24, 2.45) is 11.8 Å². The van der Waals surface area contributed by atoms with E-state index >= 15 is 0 Å². The van der Waals surface area contributed by atoms with Gasteiger partial charge >= 0.3 is 11.9 Å². The highest BCUT2D eigenvalue weighted by Gasteiger charge is 2.43. The summed E-state index contributed by atoms with van der Waals surface area (Å²) >= 11 is 0. The fraction of sp³-hybridized carbons (Fsp3) is 0.833. The summed E-state index contributed by atoms with van der Waals surface area (Å²) in [6, 6.07) is 0. The highest BCUT2D eigenvalue weighted by molar-refractivity contribution is 5.67. The molecule has 0 radical (unpaired) electrons. The van der Waals surface area contributed by atoms with Gasteiger partial charge in [-0.3, -0.25) is 9.59 Å². The Hall–Kier alpha value is -1.10. The van der Waals surface area contributed by atoms with Gasteiger partial charge in [0.05, 0.1) is 6.10 Å². The number of carbonyl (C=O) groups excluding carboxylic acids is 2. The predicted molar refractivity (Wildman–Crippen MR) is 60.0 cm³/mol. The van der Waals surface area contributed by atoms with Gasteiger partial charge in [0.2, 0.25) is 6.29 Å². The number of hydrogen-bond donors (Lipinski definition) is 0. The summed E-state index contributed by atoms with van der Waals surface area (Å²) in [6.45, 7) is 8.55. The number of carbonyl (C=O) groups is 2. The van der Waals surface area contributed by atoms with Crippen LogP contribution in [0.4, 0.5) is 0 Å². The Morgan fingerprint density at radius 1 is 0.941 bits per heavy atom. The third-order valence-electron chi connectivity index (χ3n) is 3.29. The third-order valence-corrected chi connectivity index (χ3v) is 3.29. The molecule has 0 N–H and O–H groups in total. The van der Waals surface area contributed by atoms with Gasteiger partial charge in [-0.2, -0.15) is 0 Å². The molecule has 0 spiro atoms. The molecule has 1 aliphatic heterocycles. The molecule has 0 amide bonds. The van der Waals surface area contributed by atoms with Crippen LogP contribution in [0.5, 0.6) is 0 Å². The lowest BCUT2D eigenvalue weighted by Crippen LogP contribution is -2.51. The summed E-state index contributed by atoms with van der Waals surface area (Å²) in [5, 5.41) is 0. The SMILES string of the molecule is CC(=O)OC1OC(C)[C@H](C)[C@H](C)C1OC(C)=O. The van der Waals surface area contributed by atoms with E-state index in [1.54, 1.807) is 0 Å². The van der Waals surface area contributed by atoms with Crippen LogP contribution in [-0.4, -0.2) is 30.4 Å². The summed E-state index contributed by atoms with van der Waals surface area (Å²) < 4.78 is 15.8. The van der Waals surface area contributed by atoms with Crippen LogP contribution in [0.15, 0.2) is 0 Å². The van der Waals surface area contributed by atoms with Crippen molar-refractivity contribution in [3.63, 3.8) is 0 Å². The van der Waals surface area contributed by atoms with Crippen molar-refractivity contribution >= 4 is 11.9 Å². The minimum absolute atomic E-state index is 0.0406. The van der Waals surface area contributed by atoms with Crippen LogP contribution in [0.1, 0.15) is 34.6 Å². The van der Waals surface area contributed by atoms with Crippen molar-refractivity contribution in [1.82, 2.24) is 0 Å². The van der Waals surface area contributed by atoms with E-state index in [0.717, 1.165) is 0 Å². The van der Waals surface area contributed by atoms with Crippen molar-refractivity contribution in [2.75, 3.05) is 0 Å². The Kier molecular flexibility index (Phi) is 4.51.